The van der Waals surface area contributed by atoms with E-state index in [4.69, 9.17) is 14.7 Å². The highest BCUT2D eigenvalue weighted by Crippen LogP contribution is 2.40. The lowest BCUT2D eigenvalue weighted by Gasteiger charge is -2.36. The summed E-state index contributed by atoms with van der Waals surface area (Å²) in [6, 6.07) is 7.38. The molecule has 0 saturated carbocycles. The van der Waals surface area contributed by atoms with Crippen molar-refractivity contribution in [2.24, 2.45) is 0 Å². The van der Waals surface area contributed by atoms with Crippen LogP contribution in [0.3, 0.4) is 0 Å². The molecule has 0 atom stereocenters. The van der Waals surface area contributed by atoms with E-state index in [2.05, 4.69) is 11.8 Å². The van der Waals surface area contributed by atoms with Crippen molar-refractivity contribution >= 4 is 33.3 Å². The normalized spacial score (nSPS) is 16.2. The summed E-state index contributed by atoms with van der Waals surface area (Å²) in [5.74, 6) is 2.92. The molecule has 7 heteroatoms. The smallest absolute Gasteiger partial charge is 0.253 e. The average molecular weight is 465 g/mol. The van der Waals surface area contributed by atoms with Gasteiger partial charge >= 0.3 is 0 Å². The van der Waals surface area contributed by atoms with Gasteiger partial charge in [-0.25, -0.2) is 9.97 Å². The fourth-order valence-electron chi connectivity index (χ4n) is 4.89. The molecule has 1 aromatic carbocycles. The van der Waals surface area contributed by atoms with E-state index in [-0.39, 0.29) is 5.91 Å². The van der Waals surface area contributed by atoms with Crippen LogP contribution in [0.4, 0.5) is 5.82 Å². The number of carbonyl (C=O) groups is 1. The molecule has 0 N–H and O–H groups in total. The summed E-state index contributed by atoms with van der Waals surface area (Å²) < 4.78 is 5.22. The Bertz CT molecular complexity index is 1130. The molecule has 5 rings (SSSR count). The average Bonchev–Trinajstić information content (AvgIpc) is 3.25. The number of ether oxygens (including phenoxy) is 1. The number of nitrogens with zero attached hydrogens (tertiary/aromatic N) is 4. The molecular weight excluding hydrogens is 432 g/mol. The largest absolute Gasteiger partial charge is 0.497 e. The number of aromatic nitrogens is 2. The number of methoxy groups -OCH3 is 1. The predicted molar refractivity (Wildman–Crippen MR) is 134 cm³/mol. The lowest BCUT2D eigenvalue weighted by Crippen LogP contribution is -2.49. The maximum atomic E-state index is 13.0. The Balaban J connectivity index is 1.39. The first-order chi connectivity index (χ1) is 16.2. The molecule has 1 saturated heterocycles. The Labute approximate surface area is 199 Å². The van der Waals surface area contributed by atoms with Crippen molar-refractivity contribution in [3.63, 3.8) is 0 Å². The molecule has 3 heterocycles. The van der Waals surface area contributed by atoms with Crippen molar-refractivity contribution in [3.05, 3.63) is 46.1 Å². The van der Waals surface area contributed by atoms with Gasteiger partial charge in [0, 0.05) is 43.0 Å². The Kier molecular flexibility index (Phi) is 6.49. The zero-order valence-electron chi connectivity index (χ0n) is 19.6. The van der Waals surface area contributed by atoms with Gasteiger partial charge in [-0.1, -0.05) is 13.3 Å². The number of hydrogen-bond donors (Lipinski definition) is 0. The van der Waals surface area contributed by atoms with Crippen molar-refractivity contribution < 1.29 is 9.53 Å². The van der Waals surface area contributed by atoms with E-state index >= 15 is 0 Å². The molecule has 0 radical (unpaired) electrons. The van der Waals surface area contributed by atoms with Crippen LogP contribution in [0.1, 0.15) is 59.2 Å². The Hall–Kier alpha value is -2.67. The number of anilines is 1. The van der Waals surface area contributed by atoms with Crippen LogP contribution in [0.5, 0.6) is 5.75 Å². The number of hydrogen-bond acceptors (Lipinski definition) is 6. The highest BCUT2D eigenvalue weighted by atomic mass is 32.1. The second-order valence-corrected chi connectivity index (χ2v) is 10.0. The number of piperazine rings is 1. The van der Waals surface area contributed by atoms with E-state index in [1.54, 1.807) is 7.11 Å². The maximum absolute atomic E-state index is 13.0. The van der Waals surface area contributed by atoms with E-state index in [9.17, 15) is 4.79 Å². The molecular formula is C26H32N4O2S. The molecule has 0 bridgehead atoms. The Morgan fingerprint density at radius 3 is 2.55 bits per heavy atom. The molecule has 1 aliphatic carbocycles. The van der Waals surface area contributed by atoms with Gasteiger partial charge in [0.1, 0.15) is 22.2 Å². The van der Waals surface area contributed by atoms with Gasteiger partial charge in [0.25, 0.3) is 5.91 Å². The van der Waals surface area contributed by atoms with Crippen LogP contribution in [-0.2, 0) is 19.3 Å². The van der Waals surface area contributed by atoms with Gasteiger partial charge in [-0.3, -0.25) is 4.79 Å². The van der Waals surface area contributed by atoms with Crippen molar-refractivity contribution in [1.82, 2.24) is 14.9 Å². The minimum Gasteiger partial charge on any atom is -0.497 e. The van der Waals surface area contributed by atoms with E-state index in [0.29, 0.717) is 18.7 Å². The highest BCUT2D eigenvalue weighted by molar-refractivity contribution is 7.19. The van der Waals surface area contributed by atoms with Crippen molar-refractivity contribution in [2.75, 3.05) is 38.2 Å². The van der Waals surface area contributed by atoms with Crippen LogP contribution in [0.15, 0.2) is 24.3 Å². The van der Waals surface area contributed by atoms with Gasteiger partial charge in [0.05, 0.1) is 12.5 Å². The fourth-order valence-corrected chi connectivity index (χ4v) is 6.17. The highest BCUT2D eigenvalue weighted by Gasteiger charge is 2.27. The Morgan fingerprint density at radius 2 is 1.82 bits per heavy atom. The third kappa shape index (κ3) is 4.43. The quantitative estimate of drug-likeness (QED) is 0.520. The first-order valence-corrected chi connectivity index (χ1v) is 13.0. The van der Waals surface area contributed by atoms with Crippen LogP contribution in [0.25, 0.3) is 10.2 Å². The number of unbranched alkanes of at least 4 members (excludes halogenated alkanes) is 1. The van der Waals surface area contributed by atoms with Crippen LogP contribution >= 0.6 is 11.3 Å². The third-order valence-electron chi connectivity index (χ3n) is 6.80. The summed E-state index contributed by atoms with van der Waals surface area (Å²) in [5, 5.41) is 1.28. The summed E-state index contributed by atoms with van der Waals surface area (Å²) in [4.78, 5) is 30.1. The summed E-state index contributed by atoms with van der Waals surface area (Å²) in [7, 11) is 1.64. The van der Waals surface area contributed by atoms with E-state index in [1.165, 1.54) is 35.1 Å². The zero-order valence-corrected chi connectivity index (χ0v) is 20.4. The molecule has 3 aromatic rings. The molecule has 0 spiro atoms. The Morgan fingerprint density at radius 1 is 1.06 bits per heavy atom. The lowest BCUT2D eigenvalue weighted by molar-refractivity contribution is 0.0746. The zero-order chi connectivity index (χ0) is 22.8. The topological polar surface area (TPSA) is 58.6 Å². The number of amides is 1. The second kappa shape index (κ2) is 9.67. The van der Waals surface area contributed by atoms with E-state index in [1.807, 2.05) is 40.5 Å². The van der Waals surface area contributed by atoms with Crippen molar-refractivity contribution in [2.45, 2.75) is 51.9 Å². The molecule has 0 unspecified atom stereocenters. The molecule has 33 heavy (non-hydrogen) atoms. The van der Waals surface area contributed by atoms with Crippen LogP contribution in [0.2, 0.25) is 0 Å². The van der Waals surface area contributed by atoms with Gasteiger partial charge in [-0.2, -0.15) is 0 Å². The third-order valence-corrected chi connectivity index (χ3v) is 7.98. The lowest BCUT2D eigenvalue weighted by atomic mass is 9.96. The number of carbonyl (C=O) groups excluding carboxylic acids is 1. The van der Waals surface area contributed by atoms with Crippen molar-refractivity contribution in [1.29, 1.82) is 0 Å². The summed E-state index contributed by atoms with van der Waals surface area (Å²) in [5.41, 5.74) is 2.19. The number of fused-ring (bicyclic) bond motifs is 3. The minimum atomic E-state index is 0.0849. The number of benzene rings is 1. The molecule has 6 nitrogen and oxygen atoms in total. The summed E-state index contributed by atoms with van der Waals surface area (Å²) in [6.07, 6.45) is 8.01. The first kappa shape index (κ1) is 22.1. The number of rotatable bonds is 6. The monoisotopic (exact) mass is 464 g/mol. The van der Waals surface area contributed by atoms with Crippen LogP contribution < -0.4 is 9.64 Å². The molecule has 2 aliphatic rings. The molecule has 1 aliphatic heterocycles. The van der Waals surface area contributed by atoms with Gasteiger partial charge in [0.2, 0.25) is 0 Å². The van der Waals surface area contributed by atoms with Gasteiger partial charge in [0.15, 0.2) is 0 Å². The predicted octanol–water partition coefficient (Wildman–Crippen LogP) is 4.88. The maximum Gasteiger partial charge on any atom is 0.253 e. The van der Waals surface area contributed by atoms with Gasteiger partial charge in [-0.15, -0.1) is 11.3 Å². The fraction of sp³-hybridized carbons (Fsp3) is 0.500. The molecule has 2 aromatic heterocycles. The standard InChI is InChI=1S/C26H32N4O2S/c1-3-4-9-22-27-24(23-20-7-5-6-8-21(20)33-25(23)28-22)29-14-16-30(17-15-29)26(31)18-10-12-19(32-2)13-11-18/h10-13H,3-9,14-17H2,1-2H3. The number of thiophene rings is 1. The van der Waals surface area contributed by atoms with Crippen molar-refractivity contribution in [3.8, 4) is 5.75 Å². The summed E-state index contributed by atoms with van der Waals surface area (Å²) >= 11 is 1.88. The molecule has 1 amide bonds. The number of aryl methyl sites for hydroxylation is 3. The SMILES string of the molecule is CCCCc1nc(N2CCN(C(=O)c3ccc(OC)cc3)CC2)c2c3c(sc2n1)CCCC3. The molecule has 174 valence electrons. The first-order valence-electron chi connectivity index (χ1n) is 12.2. The van der Waals surface area contributed by atoms with Crippen LogP contribution in [-0.4, -0.2) is 54.1 Å². The van der Waals surface area contributed by atoms with E-state index in [0.717, 1.165) is 61.0 Å². The summed E-state index contributed by atoms with van der Waals surface area (Å²) in [6.45, 7) is 5.21. The van der Waals surface area contributed by atoms with Gasteiger partial charge in [-0.05, 0) is 61.9 Å². The second-order valence-electron chi connectivity index (χ2n) is 8.97. The van der Waals surface area contributed by atoms with Crippen LogP contribution in [0, 0.1) is 0 Å². The van der Waals surface area contributed by atoms with E-state index < -0.39 is 0 Å². The minimum absolute atomic E-state index is 0.0849. The van der Waals surface area contributed by atoms with Gasteiger partial charge < -0.3 is 14.5 Å². The molecule has 1 fully saturated rings.